The van der Waals surface area contributed by atoms with E-state index in [2.05, 4.69) is 27.0 Å². The fraction of sp³-hybridized carbons (Fsp3) is 0.421. The summed E-state index contributed by atoms with van der Waals surface area (Å²) < 4.78 is 5.33. The van der Waals surface area contributed by atoms with Crippen LogP contribution in [0.25, 0.3) is 0 Å². The molecule has 1 aliphatic heterocycles. The molecule has 0 aliphatic carbocycles. The Bertz CT molecular complexity index is 608. The van der Waals surface area contributed by atoms with Crippen LogP contribution in [0.4, 0.5) is 4.79 Å². The van der Waals surface area contributed by atoms with Crippen molar-refractivity contribution in [2.24, 2.45) is 0 Å². The summed E-state index contributed by atoms with van der Waals surface area (Å²) in [5.41, 5.74) is 1.28. The summed E-state index contributed by atoms with van der Waals surface area (Å²) in [4.78, 5) is 14.6. The van der Waals surface area contributed by atoms with Gasteiger partial charge in [0.2, 0.25) is 0 Å². The van der Waals surface area contributed by atoms with Gasteiger partial charge in [-0.1, -0.05) is 31.0 Å². The van der Waals surface area contributed by atoms with E-state index in [4.69, 9.17) is 4.74 Å². The number of benzene rings is 1. The number of nitrogens with one attached hydrogen (secondary N) is 1. The number of amides is 1. The van der Waals surface area contributed by atoms with Crippen molar-refractivity contribution in [3.05, 3.63) is 52.7 Å². The van der Waals surface area contributed by atoms with Gasteiger partial charge in [0.05, 0.1) is 6.04 Å². The molecule has 1 aromatic carbocycles. The lowest BCUT2D eigenvalue weighted by atomic mass is 10.1. The van der Waals surface area contributed by atoms with Crippen LogP contribution in [0.5, 0.6) is 5.75 Å². The minimum atomic E-state index is -0.392. The molecular formula is C19H24N2O2S. The standard InChI is InChI=1S/C19H24N2O2S/c22-19(23-17-8-4-3-5-9-17)20-14-18(16-10-13-24-15-16)21-11-6-1-2-7-12-21/h3-5,8-10,13,15,18H,1-2,6-7,11-12,14H2,(H,20,22). The zero-order valence-electron chi connectivity index (χ0n) is 13.8. The monoisotopic (exact) mass is 344 g/mol. The van der Waals surface area contributed by atoms with Gasteiger partial charge in [-0.2, -0.15) is 11.3 Å². The molecule has 128 valence electrons. The number of likely N-dealkylation sites (tertiary alicyclic amines) is 1. The zero-order valence-corrected chi connectivity index (χ0v) is 14.6. The van der Waals surface area contributed by atoms with Crippen LogP contribution >= 0.6 is 11.3 Å². The fourth-order valence-electron chi connectivity index (χ4n) is 3.14. The number of hydrogen-bond acceptors (Lipinski definition) is 4. The van der Waals surface area contributed by atoms with Crippen LogP contribution in [-0.2, 0) is 0 Å². The number of carbonyl (C=O) groups is 1. The van der Waals surface area contributed by atoms with Crippen LogP contribution in [0, 0.1) is 0 Å². The van der Waals surface area contributed by atoms with E-state index in [1.807, 2.05) is 18.2 Å². The molecule has 2 aromatic rings. The van der Waals surface area contributed by atoms with Crippen molar-refractivity contribution in [1.29, 1.82) is 0 Å². The van der Waals surface area contributed by atoms with Crippen LogP contribution < -0.4 is 10.1 Å². The van der Waals surface area contributed by atoms with E-state index >= 15 is 0 Å². The molecule has 0 saturated carbocycles. The number of para-hydroxylation sites is 1. The predicted molar refractivity (Wildman–Crippen MR) is 97.6 cm³/mol. The van der Waals surface area contributed by atoms with Gasteiger partial charge < -0.3 is 10.1 Å². The second-order valence-corrected chi connectivity index (χ2v) is 6.89. The summed E-state index contributed by atoms with van der Waals surface area (Å²) >= 11 is 1.70. The van der Waals surface area contributed by atoms with Crippen LogP contribution in [0.1, 0.15) is 37.3 Å². The number of rotatable bonds is 5. The molecule has 1 amide bonds. The van der Waals surface area contributed by atoms with E-state index in [0.717, 1.165) is 13.1 Å². The minimum absolute atomic E-state index is 0.220. The highest BCUT2D eigenvalue weighted by molar-refractivity contribution is 7.07. The SMILES string of the molecule is O=C(NCC(c1ccsc1)N1CCCCCC1)Oc1ccccc1. The molecule has 1 fully saturated rings. The Morgan fingerprint density at radius 3 is 2.54 bits per heavy atom. The molecule has 5 heteroatoms. The van der Waals surface area contributed by atoms with Crippen molar-refractivity contribution in [2.75, 3.05) is 19.6 Å². The van der Waals surface area contributed by atoms with Gasteiger partial charge >= 0.3 is 6.09 Å². The third-order valence-corrected chi connectivity index (χ3v) is 5.10. The highest BCUT2D eigenvalue weighted by Gasteiger charge is 2.22. The normalized spacial score (nSPS) is 17.0. The molecule has 2 heterocycles. The Kier molecular flexibility index (Phi) is 6.26. The molecule has 4 nitrogen and oxygen atoms in total. The molecule has 1 N–H and O–H groups in total. The molecule has 1 atom stereocenters. The van der Waals surface area contributed by atoms with Crippen LogP contribution in [-0.4, -0.2) is 30.6 Å². The average Bonchev–Trinajstić information content (AvgIpc) is 2.99. The number of thiophene rings is 1. The number of ether oxygens (including phenoxy) is 1. The summed E-state index contributed by atoms with van der Waals surface area (Å²) in [7, 11) is 0. The number of hydrogen-bond donors (Lipinski definition) is 1. The second-order valence-electron chi connectivity index (χ2n) is 6.11. The summed E-state index contributed by atoms with van der Waals surface area (Å²) in [5.74, 6) is 0.567. The summed E-state index contributed by atoms with van der Waals surface area (Å²) in [5, 5.41) is 7.22. The first-order chi connectivity index (χ1) is 11.8. The van der Waals surface area contributed by atoms with Gasteiger partial charge in [-0.3, -0.25) is 4.90 Å². The average molecular weight is 344 g/mol. The van der Waals surface area contributed by atoms with Crippen LogP contribution in [0.15, 0.2) is 47.2 Å². The second kappa shape index (κ2) is 8.85. The fourth-order valence-corrected chi connectivity index (χ4v) is 3.85. The Balaban J connectivity index is 1.60. The largest absolute Gasteiger partial charge is 0.412 e. The Morgan fingerprint density at radius 2 is 1.88 bits per heavy atom. The highest BCUT2D eigenvalue weighted by Crippen LogP contribution is 2.25. The molecule has 24 heavy (non-hydrogen) atoms. The van der Waals surface area contributed by atoms with Gasteiger partial charge in [-0.15, -0.1) is 0 Å². The molecule has 1 aliphatic rings. The maximum atomic E-state index is 12.1. The third kappa shape index (κ3) is 4.82. The molecule has 0 spiro atoms. The van der Waals surface area contributed by atoms with E-state index in [-0.39, 0.29) is 6.04 Å². The summed E-state index contributed by atoms with van der Waals surface area (Å²) in [6.07, 6.45) is 4.67. The molecule has 1 saturated heterocycles. The first-order valence-electron chi connectivity index (χ1n) is 8.60. The first-order valence-corrected chi connectivity index (χ1v) is 9.54. The van der Waals surface area contributed by atoms with Crippen LogP contribution in [0.2, 0.25) is 0 Å². The third-order valence-electron chi connectivity index (χ3n) is 4.40. The first kappa shape index (κ1) is 17.0. The highest BCUT2D eigenvalue weighted by atomic mass is 32.1. The van der Waals surface area contributed by atoms with E-state index in [1.54, 1.807) is 23.5 Å². The lowest BCUT2D eigenvalue weighted by Crippen LogP contribution is -2.39. The van der Waals surface area contributed by atoms with Gasteiger partial charge in [0.1, 0.15) is 5.75 Å². The smallest absolute Gasteiger partial charge is 0.410 e. The van der Waals surface area contributed by atoms with Crippen molar-refractivity contribution in [2.45, 2.75) is 31.7 Å². The van der Waals surface area contributed by atoms with Crippen molar-refractivity contribution >= 4 is 17.4 Å². The molecule has 1 aromatic heterocycles. The molecule has 0 bridgehead atoms. The Labute approximate surface area is 147 Å². The topological polar surface area (TPSA) is 41.6 Å². The molecular weight excluding hydrogens is 320 g/mol. The maximum absolute atomic E-state index is 12.1. The summed E-state index contributed by atoms with van der Waals surface area (Å²) in [6, 6.07) is 11.6. The van der Waals surface area contributed by atoms with Gasteiger partial charge in [0, 0.05) is 6.54 Å². The molecule has 1 unspecified atom stereocenters. The van der Waals surface area contributed by atoms with Crippen molar-refractivity contribution in [1.82, 2.24) is 10.2 Å². The van der Waals surface area contributed by atoms with E-state index in [1.165, 1.54) is 31.2 Å². The lowest BCUT2D eigenvalue weighted by Gasteiger charge is -2.30. The van der Waals surface area contributed by atoms with Gasteiger partial charge in [0.25, 0.3) is 0 Å². The van der Waals surface area contributed by atoms with E-state index in [0.29, 0.717) is 12.3 Å². The van der Waals surface area contributed by atoms with Gasteiger partial charge in [0.15, 0.2) is 0 Å². The zero-order chi connectivity index (χ0) is 16.6. The van der Waals surface area contributed by atoms with Gasteiger partial charge in [-0.05, 0) is 60.5 Å². The quantitative estimate of drug-likeness (QED) is 0.871. The minimum Gasteiger partial charge on any atom is -0.410 e. The van der Waals surface area contributed by atoms with Crippen molar-refractivity contribution in [3.8, 4) is 5.75 Å². The molecule has 0 radical (unpaired) electrons. The summed E-state index contributed by atoms with van der Waals surface area (Å²) in [6.45, 7) is 2.76. The van der Waals surface area contributed by atoms with Crippen molar-refractivity contribution < 1.29 is 9.53 Å². The molecule has 3 rings (SSSR count). The lowest BCUT2D eigenvalue weighted by molar-refractivity contribution is 0.179. The van der Waals surface area contributed by atoms with Crippen molar-refractivity contribution in [3.63, 3.8) is 0 Å². The number of nitrogens with zero attached hydrogens (tertiary/aromatic N) is 1. The Morgan fingerprint density at radius 1 is 1.12 bits per heavy atom. The van der Waals surface area contributed by atoms with Crippen LogP contribution in [0.3, 0.4) is 0 Å². The number of carbonyl (C=O) groups excluding carboxylic acids is 1. The Hall–Kier alpha value is -1.85. The van der Waals surface area contributed by atoms with Gasteiger partial charge in [-0.25, -0.2) is 4.79 Å². The van der Waals surface area contributed by atoms with E-state index < -0.39 is 6.09 Å². The van der Waals surface area contributed by atoms with E-state index in [9.17, 15) is 4.79 Å². The maximum Gasteiger partial charge on any atom is 0.412 e. The predicted octanol–water partition coefficient (Wildman–Crippen LogP) is 4.45.